The van der Waals surface area contributed by atoms with E-state index in [-0.39, 0.29) is 12.5 Å². The summed E-state index contributed by atoms with van der Waals surface area (Å²) in [4.78, 5) is 13.0. The zero-order chi connectivity index (χ0) is 52.9. The molecule has 1 fully saturated rings. The Kier molecular flexibility index (Phi) is 48.2. The zero-order valence-electron chi connectivity index (χ0n) is 46.1. The molecule has 0 radical (unpaired) electrons. The monoisotopic (exact) mass is 1020 g/mol. The first-order valence-electron chi connectivity index (χ1n) is 29.3. The van der Waals surface area contributed by atoms with E-state index in [9.17, 15) is 30.3 Å². The van der Waals surface area contributed by atoms with Gasteiger partial charge in [0.25, 0.3) is 0 Å². The lowest BCUT2D eigenvalue weighted by Crippen LogP contribution is -2.60. The van der Waals surface area contributed by atoms with Crippen LogP contribution in [0.4, 0.5) is 0 Å². The first-order valence-corrected chi connectivity index (χ1v) is 29.3. The molecule has 7 unspecified atom stereocenters. The van der Waals surface area contributed by atoms with Gasteiger partial charge in [0.1, 0.15) is 24.4 Å². The molecule has 0 aromatic rings. The summed E-state index contributed by atoms with van der Waals surface area (Å²) in [6.07, 6.45) is 71.3. The third-order valence-corrected chi connectivity index (χ3v) is 13.0. The number of aliphatic hydroxyl groups excluding tert-OH is 5. The van der Waals surface area contributed by atoms with E-state index >= 15 is 0 Å². The van der Waals surface area contributed by atoms with Crippen LogP contribution in [-0.2, 0) is 14.3 Å². The molecule has 0 aromatic carbocycles. The lowest BCUT2D eigenvalue weighted by atomic mass is 9.99. The zero-order valence-corrected chi connectivity index (χ0v) is 46.1. The number of hydrogen-bond acceptors (Lipinski definition) is 8. The van der Waals surface area contributed by atoms with Gasteiger partial charge in [0.15, 0.2) is 6.29 Å². The van der Waals surface area contributed by atoms with E-state index in [1.165, 1.54) is 109 Å². The highest BCUT2D eigenvalue weighted by Gasteiger charge is 2.44. The van der Waals surface area contributed by atoms with Crippen molar-refractivity contribution >= 4 is 5.91 Å². The second kappa shape index (κ2) is 52.0. The van der Waals surface area contributed by atoms with Crippen LogP contribution < -0.4 is 5.32 Å². The van der Waals surface area contributed by atoms with E-state index in [2.05, 4.69) is 129 Å². The molecule has 0 spiro atoms. The number of carbonyl (C=O) groups is 1. The molecule has 0 aromatic heterocycles. The molecule has 6 N–H and O–H groups in total. The van der Waals surface area contributed by atoms with Gasteiger partial charge in [-0.25, -0.2) is 0 Å². The summed E-state index contributed by atoms with van der Waals surface area (Å²) in [6.45, 7) is 3.62. The Balaban J connectivity index is 2.15. The Bertz CT molecular complexity index is 1560. The number of unbranched alkanes of at least 4 members (excludes halogenated alkanes) is 20. The fraction of sp³-hybridized carbons (Fsp3) is 0.672. The molecule has 416 valence electrons. The maximum absolute atomic E-state index is 13.0. The van der Waals surface area contributed by atoms with Crippen molar-refractivity contribution in [3.63, 3.8) is 0 Å². The number of hydrogen-bond donors (Lipinski definition) is 6. The summed E-state index contributed by atoms with van der Waals surface area (Å²) in [7, 11) is 0. The normalized spacial score (nSPS) is 20.0. The largest absolute Gasteiger partial charge is 0.394 e. The maximum Gasteiger partial charge on any atom is 0.220 e. The standard InChI is InChI=1S/C64H107NO8/c1-3-5-7-9-11-13-15-17-18-19-20-21-22-23-24-25-26-27-28-29-30-31-32-33-34-35-36-37-38-39-40-42-44-46-48-50-52-54-60(68)65-57(56-72-64-63(71)62(70)61(69)59(55-66)73-64)58(67)53-51-49-47-45-43-41-16-14-12-10-8-6-4-2/h5,7,11,13,17-18,20-21,23-24,26-27,29-30,32-33,43,45,51,53,57-59,61-64,66-67,69-71H,3-4,6,8-10,12,14-16,19,22,25,28,31,34-42,44,46-50,52,54-56H2,1-2H3,(H,65,68)/b7-5-,13-11-,18-17-,21-20-,24-23-,27-26-,30-29-,33-32-,45-43+,53-51+. The van der Waals surface area contributed by atoms with Gasteiger partial charge in [-0.1, -0.05) is 238 Å². The predicted octanol–water partition coefficient (Wildman–Crippen LogP) is 14.7. The number of rotatable bonds is 48. The van der Waals surface area contributed by atoms with E-state index in [4.69, 9.17) is 9.47 Å². The number of allylic oxidation sites excluding steroid dienone is 19. The van der Waals surface area contributed by atoms with Crippen LogP contribution in [-0.4, -0.2) is 87.5 Å². The molecule has 73 heavy (non-hydrogen) atoms. The molecule has 0 saturated carbocycles. The van der Waals surface area contributed by atoms with Crippen LogP contribution in [0.2, 0.25) is 0 Å². The van der Waals surface area contributed by atoms with Crippen molar-refractivity contribution in [2.45, 2.75) is 262 Å². The Labute approximate surface area is 446 Å². The van der Waals surface area contributed by atoms with Gasteiger partial charge in [-0.05, 0) is 96.3 Å². The van der Waals surface area contributed by atoms with Gasteiger partial charge >= 0.3 is 0 Å². The molecule has 9 nitrogen and oxygen atoms in total. The summed E-state index contributed by atoms with van der Waals surface area (Å²) >= 11 is 0. The van der Waals surface area contributed by atoms with Crippen LogP contribution in [0.5, 0.6) is 0 Å². The van der Waals surface area contributed by atoms with Crippen LogP contribution in [0.3, 0.4) is 0 Å². The maximum atomic E-state index is 13.0. The highest BCUT2D eigenvalue weighted by Crippen LogP contribution is 2.23. The first-order chi connectivity index (χ1) is 35.8. The predicted molar refractivity (Wildman–Crippen MR) is 308 cm³/mol. The van der Waals surface area contributed by atoms with E-state index in [1.807, 2.05) is 6.08 Å². The quantitative estimate of drug-likeness (QED) is 0.0261. The summed E-state index contributed by atoms with van der Waals surface area (Å²) < 4.78 is 11.2. The van der Waals surface area contributed by atoms with Crippen molar-refractivity contribution in [1.29, 1.82) is 0 Å². The molecule has 1 amide bonds. The van der Waals surface area contributed by atoms with Crippen LogP contribution >= 0.6 is 0 Å². The second-order valence-electron chi connectivity index (χ2n) is 19.7. The first kappa shape index (κ1) is 67.6. The summed E-state index contributed by atoms with van der Waals surface area (Å²) in [5.74, 6) is -0.195. The van der Waals surface area contributed by atoms with Gasteiger partial charge in [0, 0.05) is 6.42 Å². The number of nitrogens with one attached hydrogen (secondary N) is 1. The lowest BCUT2D eigenvalue weighted by Gasteiger charge is -2.40. The van der Waals surface area contributed by atoms with E-state index in [0.717, 1.165) is 89.9 Å². The molecule has 0 aliphatic carbocycles. The lowest BCUT2D eigenvalue weighted by molar-refractivity contribution is -0.302. The fourth-order valence-corrected chi connectivity index (χ4v) is 8.42. The molecule has 1 heterocycles. The van der Waals surface area contributed by atoms with Gasteiger partial charge in [-0.3, -0.25) is 4.79 Å². The van der Waals surface area contributed by atoms with E-state index in [1.54, 1.807) is 6.08 Å². The van der Waals surface area contributed by atoms with Crippen molar-refractivity contribution in [2.75, 3.05) is 13.2 Å². The van der Waals surface area contributed by atoms with Crippen molar-refractivity contribution in [3.05, 3.63) is 122 Å². The van der Waals surface area contributed by atoms with Gasteiger partial charge in [-0.2, -0.15) is 0 Å². The Morgan fingerprint density at radius 3 is 1.32 bits per heavy atom. The summed E-state index contributed by atoms with van der Waals surface area (Å²) in [5, 5.41) is 54.4. The van der Waals surface area contributed by atoms with Crippen molar-refractivity contribution in [3.8, 4) is 0 Å². The van der Waals surface area contributed by atoms with Crippen molar-refractivity contribution in [2.24, 2.45) is 0 Å². The molecule has 1 aliphatic rings. The minimum atomic E-state index is -1.58. The Hall–Kier alpha value is -3.41. The van der Waals surface area contributed by atoms with Gasteiger partial charge in [0.2, 0.25) is 5.91 Å². The molecule has 9 heteroatoms. The molecule has 1 saturated heterocycles. The molecular weight excluding hydrogens is 911 g/mol. The van der Waals surface area contributed by atoms with Gasteiger partial charge in [-0.15, -0.1) is 0 Å². The van der Waals surface area contributed by atoms with Crippen LogP contribution in [0.1, 0.15) is 219 Å². The number of carbonyl (C=O) groups excluding carboxylic acids is 1. The number of aliphatic hydroxyl groups is 5. The average Bonchev–Trinajstić information content (AvgIpc) is 3.39. The summed E-state index contributed by atoms with van der Waals surface area (Å²) in [6, 6.07) is -0.829. The molecule has 1 rings (SSSR count). The molecule has 7 atom stereocenters. The topological polar surface area (TPSA) is 149 Å². The minimum absolute atomic E-state index is 0.195. The average molecular weight is 1020 g/mol. The van der Waals surface area contributed by atoms with Crippen LogP contribution in [0.25, 0.3) is 0 Å². The third-order valence-electron chi connectivity index (χ3n) is 13.0. The van der Waals surface area contributed by atoms with E-state index in [0.29, 0.717) is 6.42 Å². The fourth-order valence-electron chi connectivity index (χ4n) is 8.42. The summed E-state index contributed by atoms with van der Waals surface area (Å²) in [5.41, 5.74) is 0. The van der Waals surface area contributed by atoms with Crippen LogP contribution in [0, 0.1) is 0 Å². The Morgan fingerprint density at radius 2 is 0.863 bits per heavy atom. The molecular formula is C64H107NO8. The minimum Gasteiger partial charge on any atom is -0.394 e. The highest BCUT2D eigenvalue weighted by molar-refractivity contribution is 5.76. The van der Waals surface area contributed by atoms with Crippen molar-refractivity contribution in [1.82, 2.24) is 5.32 Å². The molecule has 0 bridgehead atoms. The number of amides is 1. The highest BCUT2D eigenvalue weighted by atomic mass is 16.7. The smallest absolute Gasteiger partial charge is 0.220 e. The molecule has 1 aliphatic heterocycles. The SMILES string of the molecule is CC/C=C\C/C=C\C/C=C\C/C=C\C/C=C\C/C=C\C/C=C\C/C=C\CCCCCCCCCCCCCCC(=O)NC(COC1OC(CO)C(O)C(O)C1O)C(O)/C=C/CC/C=C/CCCCCCCCC. The van der Waals surface area contributed by atoms with Gasteiger partial charge in [0.05, 0.1) is 25.4 Å². The third kappa shape index (κ3) is 41.5. The Morgan fingerprint density at radius 1 is 0.479 bits per heavy atom. The van der Waals surface area contributed by atoms with Crippen LogP contribution in [0.15, 0.2) is 122 Å². The van der Waals surface area contributed by atoms with E-state index < -0.39 is 49.5 Å². The second-order valence-corrected chi connectivity index (χ2v) is 19.7. The van der Waals surface area contributed by atoms with Crippen molar-refractivity contribution < 1.29 is 39.8 Å². The van der Waals surface area contributed by atoms with Gasteiger partial charge < -0.3 is 40.3 Å². The number of ether oxygens (including phenoxy) is 2.